The minimum Gasteiger partial charge on any atom is -0.381 e. The molecule has 0 spiro atoms. The zero-order valence-electron chi connectivity index (χ0n) is 21.6. The molecule has 0 aromatic heterocycles. The molecule has 5 heterocycles. The average molecular weight is 501 g/mol. The number of allylic oxidation sites excluding steroid dienone is 1. The predicted molar refractivity (Wildman–Crippen MR) is 137 cm³/mol. The second-order valence-electron chi connectivity index (χ2n) is 11.5. The molecule has 0 radical (unpaired) electrons. The molecule has 6 aliphatic rings. The summed E-state index contributed by atoms with van der Waals surface area (Å²) < 4.78 is 21.3. The quantitative estimate of drug-likeness (QED) is 0.639. The maximum absolute atomic E-state index is 15.8. The van der Waals surface area contributed by atoms with Gasteiger partial charge in [-0.15, -0.1) is 0 Å². The molecule has 3 saturated heterocycles. The van der Waals surface area contributed by atoms with Crippen molar-refractivity contribution in [2.45, 2.75) is 69.7 Å². The van der Waals surface area contributed by atoms with Crippen LogP contribution in [0.3, 0.4) is 0 Å². The molecule has 0 bridgehead atoms. The van der Waals surface area contributed by atoms with E-state index in [0.717, 1.165) is 70.8 Å². The Kier molecular flexibility index (Phi) is 6.81. The fourth-order valence-electron chi connectivity index (χ4n) is 6.97. The summed E-state index contributed by atoms with van der Waals surface area (Å²) in [7, 11) is 0. The van der Waals surface area contributed by atoms with Crippen molar-refractivity contribution in [1.29, 1.82) is 0 Å². The summed E-state index contributed by atoms with van der Waals surface area (Å²) in [5, 5.41) is 4.63. The normalized spacial score (nSPS) is 30.2. The number of rotatable bonds is 4. The highest BCUT2D eigenvalue weighted by Crippen LogP contribution is 2.34. The summed E-state index contributed by atoms with van der Waals surface area (Å²) >= 11 is 0. The molecule has 3 fully saturated rings. The lowest BCUT2D eigenvalue weighted by Crippen LogP contribution is -2.56. The number of hydrogen-bond donors (Lipinski definition) is 1. The van der Waals surface area contributed by atoms with Crippen LogP contribution in [0.1, 0.15) is 51.9 Å². The van der Waals surface area contributed by atoms with Crippen LogP contribution in [-0.2, 0) is 9.53 Å². The number of halogens is 1. The lowest BCUT2D eigenvalue weighted by Gasteiger charge is -2.42. The molecule has 1 unspecified atom stereocenters. The molecule has 6 rings (SSSR count). The highest BCUT2D eigenvalue weighted by Gasteiger charge is 2.45. The molecule has 8 nitrogen and oxygen atoms in total. The van der Waals surface area contributed by atoms with E-state index in [-0.39, 0.29) is 12.1 Å². The van der Waals surface area contributed by atoms with Crippen LogP contribution in [0.15, 0.2) is 28.5 Å². The smallest absolute Gasteiger partial charge is 0.260 e. The van der Waals surface area contributed by atoms with E-state index in [4.69, 9.17) is 4.74 Å². The minimum atomic E-state index is -1.70. The van der Waals surface area contributed by atoms with Gasteiger partial charge in [-0.1, -0.05) is 12.2 Å². The Morgan fingerprint density at radius 3 is 2.64 bits per heavy atom. The van der Waals surface area contributed by atoms with E-state index in [9.17, 15) is 4.79 Å². The highest BCUT2D eigenvalue weighted by molar-refractivity contribution is 5.88. The highest BCUT2D eigenvalue weighted by atomic mass is 19.1. The molecule has 36 heavy (non-hydrogen) atoms. The third-order valence-corrected chi connectivity index (χ3v) is 9.21. The van der Waals surface area contributed by atoms with Crippen molar-refractivity contribution in [3.8, 4) is 0 Å². The summed E-state index contributed by atoms with van der Waals surface area (Å²) in [5.74, 6) is 1.47. The summed E-state index contributed by atoms with van der Waals surface area (Å²) in [5.41, 5.74) is 4.28. The first-order chi connectivity index (χ1) is 17.5. The molecule has 0 aromatic rings. The second kappa shape index (κ2) is 10.1. The number of amidine groups is 1. The van der Waals surface area contributed by atoms with Crippen molar-refractivity contribution < 1.29 is 13.9 Å². The number of carbonyl (C=O) groups excluding carboxylic acids is 1. The van der Waals surface area contributed by atoms with E-state index in [2.05, 4.69) is 44.3 Å². The van der Waals surface area contributed by atoms with Gasteiger partial charge in [0.2, 0.25) is 0 Å². The Balaban J connectivity index is 1.02. The average Bonchev–Trinajstić information content (AvgIpc) is 3.47. The molecular weight excluding hydrogens is 459 g/mol. The van der Waals surface area contributed by atoms with Gasteiger partial charge in [-0.2, -0.15) is 5.10 Å². The van der Waals surface area contributed by atoms with Crippen LogP contribution in [0.25, 0.3) is 0 Å². The maximum Gasteiger partial charge on any atom is 0.260 e. The van der Waals surface area contributed by atoms with E-state index < -0.39 is 5.67 Å². The lowest BCUT2D eigenvalue weighted by molar-refractivity contribution is -0.149. The van der Waals surface area contributed by atoms with Crippen molar-refractivity contribution in [1.82, 2.24) is 25.0 Å². The topological polar surface area (TPSA) is 63.7 Å². The Morgan fingerprint density at radius 1 is 1.14 bits per heavy atom. The molecule has 1 N–H and O–H groups in total. The van der Waals surface area contributed by atoms with Crippen molar-refractivity contribution in [3.63, 3.8) is 0 Å². The Labute approximate surface area is 214 Å². The molecular formula is C27H41FN6O2. The summed E-state index contributed by atoms with van der Waals surface area (Å²) in [6.45, 7) is 9.23. The first-order valence-corrected chi connectivity index (χ1v) is 14.0. The van der Waals surface area contributed by atoms with Crippen molar-refractivity contribution in [2.24, 2.45) is 11.0 Å². The molecule has 1 aliphatic carbocycles. The van der Waals surface area contributed by atoms with Crippen LogP contribution in [-0.4, -0.2) is 108 Å². The molecule has 0 saturated carbocycles. The number of nitrogens with one attached hydrogen (secondary N) is 1. The summed E-state index contributed by atoms with van der Waals surface area (Å²) in [6, 6.07) is 0.382. The number of piperidine rings is 2. The Hall–Kier alpha value is -1.97. The molecule has 1 atom stereocenters. The van der Waals surface area contributed by atoms with Gasteiger partial charge in [-0.25, -0.2) is 4.39 Å². The van der Waals surface area contributed by atoms with Gasteiger partial charge < -0.3 is 19.4 Å². The van der Waals surface area contributed by atoms with E-state index in [0.29, 0.717) is 51.0 Å². The van der Waals surface area contributed by atoms with E-state index in [1.807, 2.05) is 4.90 Å². The monoisotopic (exact) mass is 500 g/mol. The van der Waals surface area contributed by atoms with E-state index in [1.165, 1.54) is 11.3 Å². The van der Waals surface area contributed by atoms with Crippen LogP contribution >= 0.6 is 0 Å². The van der Waals surface area contributed by atoms with Crippen LogP contribution in [0, 0.1) is 5.92 Å². The SMILES string of the molecule is CC1NN=C2CN(C3CCN(C(=O)C4(F)CCN(CC5CCOCC5)CC4)CC3)CC3=C(CC=C3)N21. The van der Waals surface area contributed by atoms with Crippen LogP contribution in [0.5, 0.6) is 0 Å². The summed E-state index contributed by atoms with van der Waals surface area (Å²) in [4.78, 5) is 22.3. The number of amides is 1. The molecule has 198 valence electrons. The number of hydrogen-bond acceptors (Lipinski definition) is 7. The standard InChI is InChI=1S/C27H41FN6O2/c1-20-29-30-25-19-33(18-22-3-2-4-24(22)34(20)25)23-5-11-32(12-6-23)26(35)27(28)9-13-31(14-10-27)17-21-7-15-36-16-8-21/h2-3,20-21,23,29H,4-19H2,1H3. The number of likely N-dealkylation sites (tertiary alicyclic amines) is 2. The molecule has 9 heteroatoms. The number of fused-ring (bicyclic) bond motifs is 2. The van der Waals surface area contributed by atoms with Crippen LogP contribution in [0.2, 0.25) is 0 Å². The summed E-state index contributed by atoms with van der Waals surface area (Å²) in [6.07, 6.45) is 10.3. The van der Waals surface area contributed by atoms with Gasteiger partial charge in [0.1, 0.15) is 12.0 Å². The maximum atomic E-state index is 15.8. The molecule has 0 aromatic carbocycles. The van der Waals surface area contributed by atoms with E-state index in [1.54, 1.807) is 0 Å². The fraction of sp³-hybridized carbons (Fsp3) is 0.778. The van der Waals surface area contributed by atoms with Gasteiger partial charge in [0, 0.05) is 83.5 Å². The van der Waals surface area contributed by atoms with Gasteiger partial charge in [0.15, 0.2) is 5.67 Å². The Bertz CT molecular complexity index is 929. The number of hydrazone groups is 1. The van der Waals surface area contributed by atoms with Gasteiger partial charge in [0.05, 0.1) is 6.54 Å². The first-order valence-electron chi connectivity index (χ1n) is 14.0. The third-order valence-electron chi connectivity index (χ3n) is 9.21. The zero-order chi connectivity index (χ0) is 24.7. The molecule has 5 aliphatic heterocycles. The Morgan fingerprint density at radius 2 is 1.89 bits per heavy atom. The fourth-order valence-corrected chi connectivity index (χ4v) is 6.97. The zero-order valence-corrected chi connectivity index (χ0v) is 21.6. The second-order valence-corrected chi connectivity index (χ2v) is 11.5. The number of ether oxygens (including phenoxy) is 1. The molecule has 1 amide bonds. The minimum absolute atomic E-state index is 0.188. The van der Waals surface area contributed by atoms with Crippen molar-refractivity contribution in [2.75, 3.05) is 59.0 Å². The van der Waals surface area contributed by atoms with Gasteiger partial charge in [-0.05, 0) is 44.1 Å². The van der Waals surface area contributed by atoms with Crippen molar-refractivity contribution >= 4 is 11.7 Å². The van der Waals surface area contributed by atoms with Gasteiger partial charge in [-0.3, -0.25) is 15.1 Å². The number of nitrogens with zero attached hydrogens (tertiary/aromatic N) is 5. The van der Waals surface area contributed by atoms with Crippen LogP contribution < -0.4 is 5.43 Å². The largest absolute Gasteiger partial charge is 0.381 e. The first kappa shape index (κ1) is 24.4. The lowest BCUT2D eigenvalue weighted by atomic mass is 9.89. The van der Waals surface area contributed by atoms with Crippen LogP contribution in [0.4, 0.5) is 4.39 Å². The number of alkyl halides is 1. The third kappa shape index (κ3) is 4.70. The van der Waals surface area contributed by atoms with E-state index >= 15 is 4.39 Å². The predicted octanol–water partition coefficient (Wildman–Crippen LogP) is 2.30. The van der Waals surface area contributed by atoms with Gasteiger partial charge >= 0.3 is 0 Å². The van der Waals surface area contributed by atoms with Gasteiger partial charge in [0.25, 0.3) is 5.91 Å². The number of carbonyl (C=O) groups is 1. The van der Waals surface area contributed by atoms with Crippen molar-refractivity contribution in [3.05, 3.63) is 23.4 Å².